The van der Waals surface area contributed by atoms with Crippen molar-refractivity contribution in [2.45, 2.75) is 33.2 Å². The Labute approximate surface area is 115 Å². The van der Waals surface area contributed by atoms with Crippen molar-refractivity contribution in [3.63, 3.8) is 0 Å². The van der Waals surface area contributed by atoms with Gasteiger partial charge < -0.3 is 0 Å². The standard InChI is InChI=1S/C14H15N3OS/c1-3-11-12(7-15)14(18)17(16-13(11)4-2)8-10-5-6-19-9-10/h5-6,9H,3-4,8H2,1-2H3. The Morgan fingerprint density at radius 2 is 2.21 bits per heavy atom. The maximum Gasteiger partial charge on any atom is 0.285 e. The fourth-order valence-corrected chi connectivity index (χ4v) is 2.76. The van der Waals surface area contributed by atoms with Gasteiger partial charge >= 0.3 is 0 Å². The van der Waals surface area contributed by atoms with Gasteiger partial charge in [-0.1, -0.05) is 13.8 Å². The SMILES string of the molecule is CCc1nn(Cc2ccsc2)c(=O)c(C#N)c1CC. The van der Waals surface area contributed by atoms with Crippen molar-refractivity contribution in [1.29, 1.82) is 5.26 Å². The number of nitrogens with zero attached hydrogens (tertiary/aromatic N) is 3. The molecule has 0 saturated heterocycles. The molecule has 2 aromatic heterocycles. The molecule has 0 unspecified atom stereocenters. The molecule has 4 nitrogen and oxygen atoms in total. The maximum atomic E-state index is 12.3. The molecule has 0 N–H and O–H groups in total. The molecule has 0 aliphatic carbocycles. The summed E-state index contributed by atoms with van der Waals surface area (Å²) in [5.74, 6) is 0. The second-order valence-corrected chi connectivity index (χ2v) is 4.99. The lowest BCUT2D eigenvalue weighted by Crippen LogP contribution is -2.29. The van der Waals surface area contributed by atoms with Crippen molar-refractivity contribution in [3.05, 3.63) is 49.6 Å². The summed E-state index contributed by atoms with van der Waals surface area (Å²) in [7, 11) is 0. The molecule has 5 heteroatoms. The summed E-state index contributed by atoms with van der Waals surface area (Å²) in [6.07, 6.45) is 1.38. The number of aryl methyl sites for hydroxylation is 1. The van der Waals surface area contributed by atoms with Crippen molar-refractivity contribution in [1.82, 2.24) is 9.78 Å². The summed E-state index contributed by atoms with van der Waals surface area (Å²) < 4.78 is 1.40. The van der Waals surface area contributed by atoms with E-state index in [9.17, 15) is 10.1 Å². The molecular weight excluding hydrogens is 258 g/mol. The van der Waals surface area contributed by atoms with Gasteiger partial charge in [-0.25, -0.2) is 4.68 Å². The average Bonchev–Trinajstić information content (AvgIpc) is 2.93. The van der Waals surface area contributed by atoms with Crippen LogP contribution in [0.15, 0.2) is 21.6 Å². The second-order valence-electron chi connectivity index (χ2n) is 4.21. The summed E-state index contributed by atoms with van der Waals surface area (Å²) in [5, 5.41) is 17.6. The van der Waals surface area contributed by atoms with E-state index in [1.54, 1.807) is 11.3 Å². The average molecular weight is 273 g/mol. The first kappa shape index (κ1) is 13.5. The van der Waals surface area contributed by atoms with Gasteiger partial charge in [0.2, 0.25) is 0 Å². The highest BCUT2D eigenvalue weighted by Crippen LogP contribution is 2.12. The van der Waals surface area contributed by atoms with Crippen molar-refractivity contribution < 1.29 is 0 Å². The van der Waals surface area contributed by atoms with Crippen molar-refractivity contribution >= 4 is 11.3 Å². The normalized spacial score (nSPS) is 10.4. The van der Waals surface area contributed by atoms with E-state index in [0.29, 0.717) is 13.0 Å². The molecule has 19 heavy (non-hydrogen) atoms. The van der Waals surface area contributed by atoms with Crippen LogP contribution in [-0.4, -0.2) is 9.78 Å². The zero-order chi connectivity index (χ0) is 13.8. The number of rotatable bonds is 4. The lowest BCUT2D eigenvalue weighted by Gasteiger charge is -2.11. The molecule has 0 aliphatic heterocycles. The minimum Gasteiger partial charge on any atom is -0.266 e. The molecule has 0 saturated carbocycles. The number of thiophene rings is 1. The topological polar surface area (TPSA) is 58.7 Å². The maximum absolute atomic E-state index is 12.3. The van der Waals surface area contributed by atoms with E-state index in [1.165, 1.54) is 4.68 Å². The number of hydrogen-bond donors (Lipinski definition) is 0. The van der Waals surface area contributed by atoms with Gasteiger partial charge in [-0.05, 0) is 40.8 Å². The summed E-state index contributed by atoms with van der Waals surface area (Å²) in [6.45, 7) is 4.36. The fourth-order valence-electron chi connectivity index (χ4n) is 2.10. The first-order valence-electron chi connectivity index (χ1n) is 6.25. The molecule has 0 amide bonds. The van der Waals surface area contributed by atoms with Crippen LogP contribution in [0, 0.1) is 11.3 Å². The van der Waals surface area contributed by atoms with Crippen molar-refractivity contribution in [2.75, 3.05) is 0 Å². The number of hydrogen-bond acceptors (Lipinski definition) is 4. The van der Waals surface area contributed by atoms with Crippen LogP contribution in [-0.2, 0) is 19.4 Å². The van der Waals surface area contributed by atoms with Crippen LogP contribution in [0.25, 0.3) is 0 Å². The Balaban J connectivity index is 2.57. The molecule has 0 bridgehead atoms. The Morgan fingerprint density at radius 3 is 2.74 bits per heavy atom. The predicted octanol–water partition coefficient (Wildman–Crippen LogP) is 2.35. The summed E-state index contributed by atoms with van der Waals surface area (Å²) in [4.78, 5) is 12.3. The molecule has 0 aromatic carbocycles. The first-order chi connectivity index (χ1) is 9.21. The van der Waals surface area contributed by atoms with Gasteiger partial charge in [0.15, 0.2) is 0 Å². The summed E-state index contributed by atoms with van der Waals surface area (Å²) in [6, 6.07) is 4.00. The van der Waals surface area contributed by atoms with Crippen molar-refractivity contribution in [3.8, 4) is 6.07 Å². The molecular formula is C14H15N3OS. The molecule has 0 fully saturated rings. The number of nitriles is 1. The highest BCUT2D eigenvalue weighted by molar-refractivity contribution is 7.07. The third kappa shape index (κ3) is 2.59. The van der Waals surface area contributed by atoms with E-state index < -0.39 is 0 Å². The van der Waals surface area contributed by atoms with Crippen LogP contribution in [0.1, 0.15) is 36.2 Å². The molecule has 0 radical (unpaired) electrons. The monoisotopic (exact) mass is 273 g/mol. The van der Waals surface area contributed by atoms with Crippen LogP contribution in [0.4, 0.5) is 0 Å². The zero-order valence-corrected chi connectivity index (χ0v) is 11.8. The van der Waals surface area contributed by atoms with Gasteiger partial charge in [0, 0.05) is 0 Å². The van der Waals surface area contributed by atoms with Crippen LogP contribution >= 0.6 is 11.3 Å². The first-order valence-corrected chi connectivity index (χ1v) is 7.19. The van der Waals surface area contributed by atoms with E-state index in [2.05, 4.69) is 5.10 Å². The highest BCUT2D eigenvalue weighted by atomic mass is 32.1. The van der Waals surface area contributed by atoms with Gasteiger partial charge in [0.25, 0.3) is 5.56 Å². The third-order valence-electron chi connectivity index (χ3n) is 3.05. The fraction of sp³-hybridized carbons (Fsp3) is 0.357. The zero-order valence-electron chi connectivity index (χ0n) is 11.0. The minimum atomic E-state index is -0.289. The van der Waals surface area contributed by atoms with Gasteiger partial charge in [0.05, 0.1) is 12.2 Å². The Morgan fingerprint density at radius 1 is 1.42 bits per heavy atom. The van der Waals surface area contributed by atoms with E-state index in [0.717, 1.165) is 23.2 Å². The Hall–Kier alpha value is -1.93. The smallest absolute Gasteiger partial charge is 0.266 e. The lowest BCUT2D eigenvalue weighted by atomic mass is 10.0. The van der Waals surface area contributed by atoms with E-state index in [-0.39, 0.29) is 11.1 Å². The summed E-state index contributed by atoms with van der Waals surface area (Å²) >= 11 is 1.58. The summed E-state index contributed by atoms with van der Waals surface area (Å²) in [5.41, 5.74) is 2.62. The quantitative estimate of drug-likeness (QED) is 0.859. The molecule has 0 aliphatic rings. The molecule has 2 rings (SSSR count). The lowest BCUT2D eigenvalue weighted by molar-refractivity contribution is 0.613. The highest BCUT2D eigenvalue weighted by Gasteiger charge is 2.15. The largest absolute Gasteiger partial charge is 0.285 e. The van der Waals surface area contributed by atoms with Gasteiger partial charge in [-0.2, -0.15) is 21.7 Å². The molecule has 2 aromatic rings. The van der Waals surface area contributed by atoms with E-state index in [4.69, 9.17) is 0 Å². The third-order valence-corrected chi connectivity index (χ3v) is 3.78. The van der Waals surface area contributed by atoms with Gasteiger partial charge in [-0.15, -0.1) is 0 Å². The Kier molecular flexibility index (Phi) is 4.13. The van der Waals surface area contributed by atoms with Crippen LogP contribution in [0.3, 0.4) is 0 Å². The Bertz CT molecular complexity index is 665. The van der Waals surface area contributed by atoms with E-state index in [1.807, 2.05) is 36.7 Å². The van der Waals surface area contributed by atoms with Crippen LogP contribution < -0.4 is 5.56 Å². The predicted molar refractivity (Wildman–Crippen MR) is 75.4 cm³/mol. The van der Waals surface area contributed by atoms with E-state index >= 15 is 0 Å². The number of aromatic nitrogens is 2. The van der Waals surface area contributed by atoms with Gasteiger partial charge in [-0.3, -0.25) is 4.79 Å². The van der Waals surface area contributed by atoms with Crippen molar-refractivity contribution in [2.24, 2.45) is 0 Å². The molecule has 0 atom stereocenters. The molecule has 0 spiro atoms. The molecule has 98 valence electrons. The minimum absolute atomic E-state index is 0.240. The second kappa shape index (κ2) is 5.81. The molecule has 2 heterocycles. The van der Waals surface area contributed by atoms with Crippen LogP contribution in [0.5, 0.6) is 0 Å². The van der Waals surface area contributed by atoms with Gasteiger partial charge in [0.1, 0.15) is 11.6 Å². The van der Waals surface area contributed by atoms with Crippen LogP contribution in [0.2, 0.25) is 0 Å².